The number of carboxylic acids is 1. The molecule has 100 valence electrons. The van der Waals surface area contributed by atoms with Gasteiger partial charge in [0.1, 0.15) is 0 Å². The molecule has 5 heteroatoms. The first-order valence-electron chi connectivity index (χ1n) is 6.33. The summed E-state index contributed by atoms with van der Waals surface area (Å²) < 4.78 is 0.828. The van der Waals surface area contributed by atoms with Gasteiger partial charge >= 0.3 is 5.97 Å². The molecule has 1 aliphatic rings. The summed E-state index contributed by atoms with van der Waals surface area (Å²) in [6.45, 7) is 1.83. The molecule has 0 aliphatic heterocycles. The third kappa shape index (κ3) is 3.97. The van der Waals surface area contributed by atoms with Crippen LogP contribution in [0.25, 0.3) is 0 Å². The maximum absolute atomic E-state index is 10.8. The summed E-state index contributed by atoms with van der Waals surface area (Å²) in [5.74, 6) is -0.122. The Hall–Kier alpha value is -0.580. The van der Waals surface area contributed by atoms with Gasteiger partial charge in [-0.1, -0.05) is 11.6 Å². The van der Waals surface area contributed by atoms with Crippen LogP contribution in [0.4, 0.5) is 0 Å². The first-order valence-corrected chi connectivity index (χ1v) is 7.52. The summed E-state index contributed by atoms with van der Waals surface area (Å²) in [6, 6.07) is 3.96. The average Bonchev–Trinajstić information content (AvgIpc) is 2.76. The Labute approximate surface area is 116 Å². The lowest BCUT2D eigenvalue weighted by atomic mass is 9.82. The first kappa shape index (κ1) is 13.8. The van der Waals surface area contributed by atoms with Crippen molar-refractivity contribution in [1.82, 2.24) is 5.32 Å². The summed E-state index contributed by atoms with van der Waals surface area (Å²) >= 11 is 7.47. The number of hydrogen-bond acceptors (Lipinski definition) is 3. The van der Waals surface area contributed by atoms with E-state index in [2.05, 4.69) is 5.32 Å². The minimum atomic E-state index is -0.630. The van der Waals surface area contributed by atoms with E-state index >= 15 is 0 Å². The fourth-order valence-corrected chi connectivity index (χ4v) is 3.52. The highest BCUT2D eigenvalue weighted by molar-refractivity contribution is 7.16. The number of thiophene rings is 1. The molecule has 0 saturated heterocycles. The third-order valence-electron chi connectivity index (χ3n) is 3.56. The summed E-state index contributed by atoms with van der Waals surface area (Å²) in [5, 5.41) is 12.4. The second-order valence-electron chi connectivity index (χ2n) is 4.89. The van der Waals surface area contributed by atoms with Crippen molar-refractivity contribution in [2.24, 2.45) is 11.8 Å². The largest absolute Gasteiger partial charge is 0.481 e. The van der Waals surface area contributed by atoms with E-state index in [-0.39, 0.29) is 5.92 Å². The maximum atomic E-state index is 10.8. The van der Waals surface area contributed by atoms with Crippen LogP contribution in [-0.2, 0) is 11.3 Å². The van der Waals surface area contributed by atoms with Crippen molar-refractivity contribution in [2.45, 2.75) is 32.2 Å². The number of aliphatic carboxylic acids is 1. The van der Waals surface area contributed by atoms with Crippen LogP contribution >= 0.6 is 22.9 Å². The van der Waals surface area contributed by atoms with Gasteiger partial charge in [-0.2, -0.15) is 0 Å². The van der Waals surface area contributed by atoms with Crippen molar-refractivity contribution in [3.8, 4) is 0 Å². The second kappa shape index (κ2) is 6.55. The highest BCUT2D eigenvalue weighted by Gasteiger charge is 2.25. The summed E-state index contributed by atoms with van der Waals surface area (Å²) in [6.07, 6.45) is 3.70. The molecule has 1 aliphatic carbocycles. The van der Waals surface area contributed by atoms with Crippen LogP contribution in [-0.4, -0.2) is 17.6 Å². The van der Waals surface area contributed by atoms with Crippen LogP contribution < -0.4 is 5.32 Å². The van der Waals surface area contributed by atoms with E-state index in [0.29, 0.717) is 5.92 Å². The molecule has 0 radical (unpaired) electrons. The predicted molar refractivity (Wildman–Crippen MR) is 74.1 cm³/mol. The van der Waals surface area contributed by atoms with E-state index in [9.17, 15) is 4.79 Å². The van der Waals surface area contributed by atoms with Gasteiger partial charge in [0.2, 0.25) is 0 Å². The molecule has 1 heterocycles. The van der Waals surface area contributed by atoms with Gasteiger partial charge in [-0.05, 0) is 50.3 Å². The highest BCUT2D eigenvalue weighted by Crippen LogP contribution is 2.28. The zero-order valence-electron chi connectivity index (χ0n) is 10.2. The van der Waals surface area contributed by atoms with Crippen molar-refractivity contribution in [3.63, 3.8) is 0 Å². The number of hydrogen-bond donors (Lipinski definition) is 2. The SMILES string of the molecule is O=C(O)C1CCC(CNCc2ccc(Cl)s2)CC1. The molecule has 18 heavy (non-hydrogen) atoms. The first-order chi connectivity index (χ1) is 8.65. The maximum Gasteiger partial charge on any atom is 0.306 e. The Morgan fingerprint density at radius 3 is 2.67 bits per heavy atom. The topological polar surface area (TPSA) is 49.3 Å². The predicted octanol–water partition coefficient (Wildman–Crippen LogP) is 3.38. The zero-order chi connectivity index (χ0) is 13.0. The van der Waals surface area contributed by atoms with E-state index in [4.69, 9.17) is 16.7 Å². The minimum Gasteiger partial charge on any atom is -0.481 e. The Kier molecular flexibility index (Phi) is 5.03. The van der Waals surface area contributed by atoms with Crippen LogP contribution in [0.1, 0.15) is 30.6 Å². The molecule has 0 bridgehead atoms. The van der Waals surface area contributed by atoms with Crippen molar-refractivity contribution >= 4 is 28.9 Å². The molecule has 1 aromatic rings. The molecule has 1 aromatic heterocycles. The lowest BCUT2D eigenvalue weighted by Crippen LogP contribution is -2.28. The van der Waals surface area contributed by atoms with Gasteiger partial charge in [-0.25, -0.2) is 0 Å². The molecule has 0 atom stereocenters. The van der Waals surface area contributed by atoms with E-state index in [1.165, 1.54) is 4.88 Å². The van der Waals surface area contributed by atoms with E-state index in [1.807, 2.05) is 12.1 Å². The lowest BCUT2D eigenvalue weighted by Gasteiger charge is -2.26. The number of rotatable bonds is 5. The Morgan fingerprint density at radius 1 is 1.39 bits per heavy atom. The molecule has 3 nitrogen and oxygen atoms in total. The van der Waals surface area contributed by atoms with Crippen molar-refractivity contribution in [1.29, 1.82) is 0 Å². The second-order valence-corrected chi connectivity index (χ2v) is 6.69. The summed E-state index contributed by atoms with van der Waals surface area (Å²) in [4.78, 5) is 12.1. The number of carboxylic acid groups (broad SMARTS) is 1. The van der Waals surface area contributed by atoms with Crippen molar-refractivity contribution in [2.75, 3.05) is 6.54 Å². The molecule has 2 N–H and O–H groups in total. The van der Waals surface area contributed by atoms with Crippen LogP contribution in [0.2, 0.25) is 4.34 Å². The summed E-state index contributed by atoms with van der Waals surface area (Å²) in [5.41, 5.74) is 0. The van der Waals surface area contributed by atoms with Gasteiger partial charge in [0.25, 0.3) is 0 Å². The monoisotopic (exact) mass is 287 g/mol. The quantitative estimate of drug-likeness (QED) is 0.873. The van der Waals surface area contributed by atoms with E-state index in [0.717, 1.165) is 43.1 Å². The minimum absolute atomic E-state index is 0.114. The number of carbonyl (C=O) groups is 1. The molecule has 1 saturated carbocycles. The molecular formula is C13H18ClNO2S. The van der Waals surface area contributed by atoms with Crippen LogP contribution in [0.15, 0.2) is 12.1 Å². The van der Waals surface area contributed by atoms with Crippen molar-refractivity contribution < 1.29 is 9.90 Å². The molecule has 1 fully saturated rings. The normalized spacial score (nSPS) is 24.1. The van der Waals surface area contributed by atoms with Gasteiger partial charge in [0, 0.05) is 11.4 Å². The average molecular weight is 288 g/mol. The lowest BCUT2D eigenvalue weighted by molar-refractivity contribution is -0.143. The number of nitrogens with one attached hydrogen (secondary N) is 1. The fourth-order valence-electron chi connectivity index (χ4n) is 2.46. The highest BCUT2D eigenvalue weighted by atomic mass is 35.5. The Bertz CT molecular complexity index is 399. The molecule has 0 aromatic carbocycles. The van der Waals surface area contributed by atoms with E-state index < -0.39 is 5.97 Å². The van der Waals surface area contributed by atoms with Gasteiger partial charge in [-0.15, -0.1) is 11.3 Å². The molecule has 0 spiro atoms. The van der Waals surface area contributed by atoms with E-state index in [1.54, 1.807) is 11.3 Å². The smallest absolute Gasteiger partial charge is 0.306 e. The molecule has 0 unspecified atom stereocenters. The molecule has 2 rings (SSSR count). The Balaban J connectivity index is 1.65. The zero-order valence-corrected chi connectivity index (χ0v) is 11.8. The standard InChI is InChI=1S/C13H18ClNO2S/c14-12-6-5-11(18-12)8-15-7-9-1-3-10(4-2-9)13(16)17/h5-6,9-10,15H,1-4,7-8H2,(H,16,17). The Morgan fingerprint density at radius 2 is 2.11 bits per heavy atom. The van der Waals surface area contributed by atoms with Gasteiger partial charge in [-0.3, -0.25) is 4.79 Å². The van der Waals surface area contributed by atoms with Crippen LogP contribution in [0.3, 0.4) is 0 Å². The molecular weight excluding hydrogens is 270 g/mol. The van der Waals surface area contributed by atoms with Gasteiger partial charge in [0.15, 0.2) is 0 Å². The van der Waals surface area contributed by atoms with Gasteiger partial charge < -0.3 is 10.4 Å². The van der Waals surface area contributed by atoms with Crippen molar-refractivity contribution in [3.05, 3.63) is 21.3 Å². The third-order valence-corrected chi connectivity index (χ3v) is 4.79. The van der Waals surface area contributed by atoms with Gasteiger partial charge in [0.05, 0.1) is 10.3 Å². The molecule has 0 amide bonds. The summed E-state index contributed by atoms with van der Waals surface area (Å²) in [7, 11) is 0. The number of halogens is 1. The van der Waals surface area contributed by atoms with Crippen LogP contribution in [0, 0.1) is 11.8 Å². The fraction of sp³-hybridized carbons (Fsp3) is 0.615. The van der Waals surface area contributed by atoms with Crippen LogP contribution in [0.5, 0.6) is 0 Å².